The van der Waals surface area contributed by atoms with Gasteiger partial charge in [0.2, 0.25) is 0 Å². The molecule has 0 bridgehead atoms. The second-order valence-electron chi connectivity index (χ2n) is 11.4. The summed E-state index contributed by atoms with van der Waals surface area (Å²) in [5, 5.41) is 25.1. The fraction of sp³-hybridized carbons (Fsp3) is 0.536. The van der Waals surface area contributed by atoms with Gasteiger partial charge in [-0.1, -0.05) is 25.0 Å². The third-order valence-electron chi connectivity index (χ3n) is 7.90. The van der Waals surface area contributed by atoms with E-state index < -0.39 is 5.60 Å². The van der Waals surface area contributed by atoms with Crippen LogP contribution in [0.3, 0.4) is 0 Å². The van der Waals surface area contributed by atoms with Gasteiger partial charge in [-0.25, -0.2) is 4.98 Å². The summed E-state index contributed by atoms with van der Waals surface area (Å²) in [6, 6.07) is 8.80. The Labute approximate surface area is 224 Å². The summed E-state index contributed by atoms with van der Waals surface area (Å²) in [5.41, 5.74) is 3.86. The van der Waals surface area contributed by atoms with Crippen molar-refractivity contribution in [1.29, 1.82) is 0 Å². The number of hydrogen-bond donors (Lipinski definition) is 4. The van der Waals surface area contributed by atoms with Crippen molar-refractivity contribution in [3.8, 4) is 11.1 Å². The molecule has 3 aliphatic rings. The maximum absolute atomic E-state index is 12.6. The highest BCUT2D eigenvalue weighted by Crippen LogP contribution is 2.37. The van der Waals surface area contributed by atoms with Crippen LogP contribution in [0.2, 0.25) is 0 Å². The molecule has 3 aromatic rings. The largest absolute Gasteiger partial charge is 0.390 e. The van der Waals surface area contributed by atoms with Gasteiger partial charge in [-0.15, -0.1) is 12.4 Å². The van der Waals surface area contributed by atoms with Gasteiger partial charge < -0.3 is 21.1 Å². The number of fused-ring (bicyclic) bond motifs is 1. The first-order valence-electron chi connectivity index (χ1n) is 13.4. The van der Waals surface area contributed by atoms with Crippen LogP contribution in [-0.4, -0.2) is 49.8 Å². The van der Waals surface area contributed by atoms with Gasteiger partial charge in [-0.2, -0.15) is 9.61 Å². The van der Waals surface area contributed by atoms with Gasteiger partial charge in [-0.3, -0.25) is 4.79 Å². The first kappa shape index (κ1) is 25.8. The average Bonchev–Trinajstić information content (AvgIpc) is 3.30. The molecule has 3 fully saturated rings. The number of carbonyl (C=O) groups excluding carboxylic acids is 1. The first-order chi connectivity index (χ1) is 17.3. The van der Waals surface area contributed by atoms with Crippen LogP contribution in [0.15, 0.2) is 30.5 Å². The highest BCUT2D eigenvalue weighted by atomic mass is 35.5. The van der Waals surface area contributed by atoms with E-state index in [2.05, 4.69) is 33.2 Å². The number of halogens is 1. The van der Waals surface area contributed by atoms with E-state index in [-0.39, 0.29) is 18.3 Å². The fourth-order valence-electron chi connectivity index (χ4n) is 5.80. The lowest BCUT2D eigenvalue weighted by Gasteiger charge is -2.41. The van der Waals surface area contributed by atoms with Crippen LogP contribution < -0.4 is 16.0 Å². The number of benzene rings is 1. The topological polar surface area (TPSA) is 104 Å². The third kappa shape index (κ3) is 5.55. The zero-order chi connectivity index (χ0) is 24.9. The minimum Gasteiger partial charge on any atom is -0.390 e. The number of aromatic nitrogens is 3. The molecule has 0 atom stereocenters. The van der Waals surface area contributed by atoms with Crippen molar-refractivity contribution in [3.63, 3.8) is 0 Å². The molecule has 1 amide bonds. The number of nitrogens with one attached hydrogen (secondary N) is 3. The zero-order valence-electron chi connectivity index (χ0n) is 21.6. The van der Waals surface area contributed by atoms with Crippen molar-refractivity contribution in [2.75, 3.05) is 17.2 Å². The predicted octanol–water partition coefficient (Wildman–Crippen LogP) is 4.95. The number of amides is 1. The molecule has 3 saturated carbocycles. The molecule has 0 saturated heterocycles. The maximum atomic E-state index is 12.6. The van der Waals surface area contributed by atoms with E-state index in [4.69, 9.17) is 4.98 Å². The van der Waals surface area contributed by atoms with E-state index >= 15 is 0 Å². The van der Waals surface area contributed by atoms with E-state index in [0.29, 0.717) is 18.0 Å². The van der Waals surface area contributed by atoms with Crippen molar-refractivity contribution in [1.82, 2.24) is 19.9 Å². The molecule has 8 nitrogen and oxygen atoms in total. The van der Waals surface area contributed by atoms with Crippen molar-refractivity contribution in [2.24, 2.45) is 5.92 Å². The van der Waals surface area contributed by atoms with Gasteiger partial charge in [0.1, 0.15) is 11.6 Å². The summed E-state index contributed by atoms with van der Waals surface area (Å²) < 4.78 is 1.87. The van der Waals surface area contributed by atoms with Crippen molar-refractivity contribution >= 4 is 35.6 Å². The lowest BCUT2D eigenvalue weighted by atomic mass is 9.72. The van der Waals surface area contributed by atoms with Gasteiger partial charge in [-0.05, 0) is 75.5 Å². The van der Waals surface area contributed by atoms with Crippen LogP contribution in [0, 0.1) is 12.8 Å². The van der Waals surface area contributed by atoms with Crippen molar-refractivity contribution in [3.05, 3.63) is 41.6 Å². The molecule has 9 heteroatoms. The van der Waals surface area contributed by atoms with Gasteiger partial charge in [0.05, 0.1) is 11.8 Å². The Hall–Kier alpha value is -2.84. The quantitative estimate of drug-likeness (QED) is 0.332. The molecule has 1 aromatic carbocycles. The maximum Gasteiger partial charge on any atom is 0.251 e. The molecule has 3 aliphatic carbocycles. The summed E-state index contributed by atoms with van der Waals surface area (Å²) in [7, 11) is 0. The summed E-state index contributed by atoms with van der Waals surface area (Å²) in [6.07, 6.45) is 10.5. The smallest absolute Gasteiger partial charge is 0.251 e. The molecule has 2 heterocycles. The number of carbonyl (C=O) groups is 1. The van der Waals surface area contributed by atoms with Crippen LogP contribution in [-0.2, 0) is 0 Å². The summed E-state index contributed by atoms with van der Waals surface area (Å²) in [4.78, 5) is 17.6. The molecule has 2 aromatic heterocycles. The predicted molar refractivity (Wildman–Crippen MR) is 149 cm³/mol. The Morgan fingerprint density at radius 3 is 2.57 bits per heavy atom. The van der Waals surface area contributed by atoms with Gasteiger partial charge in [0.15, 0.2) is 5.65 Å². The standard InChI is InChI=1S/C28H36N6O2.ClH/c1-17-11-19(7-10-22(17)27(35)32-21-8-9-21)23-16-30-34-25(29-15-18-13-28(2,36)14-18)12-24(33-26(23)34)31-20-5-3-4-6-20;/h7,10-12,16,18,20-21,29,36H,3-6,8-9,13-15H2,1-2H3,(H,31,33)(H,32,35);1H/t18-,28+;. The van der Waals surface area contributed by atoms with E-state index in [1.165, 1.54) is 25.7 Å². The van der Waals surface area contributed by atoms with Gasteiger partial charge in [0, 0.05) is 35.8 Å². The number of anilines is 2. The summed E-state index contributed by atoms with van der Waals surface area (Å²) >= 11 is 0. The van der Waals surface area contributed by atoms with Crippen molar-refractivity contribution < 1.29 is 9.90 Å². The SMILES string of the molecule is Cc1cc(-c2cnn3c(NC[C@H]4C[C@@](C)(O)C4)cc(NC4CCCC4)nc23)ccc1C(=O)NC1CC1.Cl. The minimum absolute atomic E-state index is 0. The van der Waals surface area contributed by atoms with Crippen molar-refractivity contribution in [2.45, 2.75) is 82.9 Å². The molecule has 0 radical (unpaired) electrons. The Balaban J connectivity index is 0.00000280. The highest BCUT2D eigenvalue weighted by molar-refractivity contribution is 5.97. The highest BCUT2D eigenvalue weighted by Gasteiger charge is 2.38. The number of nitrogens with zero attached hydrogens (tertiary/aromatic N) is 3. The lowest BCUT2D eigenvalue weighted by molar-refractivity contribution is -0.0524. The fourth-order valence-corrected chi connectivity index (χ4v) is 5.80. The third-order valence-corrected chi connectivity index (χ3v) is 7.90. The van der Waals surface area contributed by atoms with Gasteiger partial charge >= 0.3 is 0 Å². The normalized spacial score (nSPS) is 23.4. The van der Waals surface area contributed by atoms with E-state index in [1.807, 2.05) is 36.7 Å². The molecule has 37 heavy (non-hydrogen) atoms. The monoisotopic (exact) mass is 524 g/mol. The summed E-state index contributed by atoms with van der Waals surface area (Å²) in [6.45, 7) is 4.68. The van der Waals surface area contributed by atoms with Crippen LogP contribution >= 0.6 is 12.4 Å². The van der Waals surface area contributed by atoms with Crippen LogP contribution in [0.5, 0.6) is 0 Å². The average molecular weight is 525 g/mol. The van der Waals surface area contributed by atoms with E-state index in [1.54, 1.807) is 0 Å². The molecular formula is C28H37ClN6O2. The first-order valence-corrected chi connectivity index (χ1v) is 13.4. The number of aryl methyl sites for hydroxylation is 1. The number of aliphatic hydroxyl groups is 1. The molecule has 6 rings (SSSR count). The van der Waals surface area contributed by atoms with E-state index in [0.717, 1.165) is 71.8 Å². The second kappa shape index (κ2) is 10.1. The molecule has 0 unspecified atom stereocenters. The molecule has 198 valence electrons. The van der Waals surface area contributed by atoms with Crippen LogP contribution in [0.1, 0.15) is 74.2 Å². The number of rotatable bonds is 8. The zero-order valence-corrected chi connectivity index (χ0v) is 22.4. The van der Waals surface area contributed by atoms with Crippen LogP contribution in [0.25, 0.3) is 16.8 Å². The summed E-state index contributed by atoms with van der Waals surface area (Å²) in [5.74, 6) is 2.21. The number of hydrogen-bond acceptors (Lipinski definition) is 6. The Morgan fingerprint density at radius 2 is 1.89 bits per heavy atom. The molecule has 0 aliphatic heterocycles. The minimum atomic E-state index is -0.534. The molecule has 4 N–H and O–H groups in total. The Kier molecular flexibility index (Phi) is 7.07. The molecule has 0 spiro atoms. The lowest BCUT2D eigenvalue weighted by Crippen LogP contribution is -2.43. The van der Waals surface area contributed by atoms with Crippen LogP contribution in [0.4, 0.5) is 11.6 Å². The second-order valence-corrected chi connectivity index (χ2v) is 11.4. The Bertz CT molecular complexity index is 1290. The Morgan fingerprint density at radius 1 is 1.14 bits per heavy atom. The van der Waals surface area contributed by atoms with Gasteiger partial charge in [0.25, 0.3) is 5.91 Å². The van der Waals surface area contributed by atoms with E-state index in [9.17, 15) is 9.90 Å². The molecular weight excluding hydrogens is 488 g/mol.